The fourth-order valence-electron chi connectivity index (χ4n) is 3.11. The first-order valence-corrected chi connectivity index (χ1v) is 9.48. The zero-order chi connectivity index (χ0) is 21.1. The zero-order valence-electron chi connectivity index (χ0n) is 16.7. The predicted molar refractivity (Wildman–Crippen MR) is 110 cm³/mol. The van der Waals surface area contributed by atoms with E-state index in [1.807, 2.05) is 37.3 Å². The summed E-state index contributed by atoms with van der Waals surface area (Å²) >= 11 is 0. The summed E-state index contributed by atoms with van der Waals surface area (Å²) in [5, 5.41) is 12.7. The molecule has 0 spiro atoms. The smallest absolute Gasteiger partial charge is 0.223 e. The maximum atomic E-state index is 15.1. The normalized spacial score (nSPS) is 12.1. The fraction of sp³-hybridized carbons (Fsp3) is 0.227. The van der Waals surface area contributed by atoms with Crippen LogP contribution in [0.2, 0.25) is 0 Å². The molecule has 8 heteroatoms. The molecule has 0 aliphatic carbocycles. The second kappa shape index (κ2) is 8.56. The molecule has 3 aromatic heterocycles. The van der Waals surface area contributed by atoms with E-state index in [0.29, 0.717) is 29.7 Å². The average molecular weight is 408 g/mol. The maximum Gasteiger partial charge on any atom is 0.223 e. The van der Waals surface area contributed by atoms with E-state index in [9.17, 15) is 0 Å². The Morgan fingerprint density at radius 1 is 1.27 bits per heavy atom. The third-order valence-electron chi connectivity index (χ3n) is 4.67. The van der Waals surface area contributed by atoms with Crippen molar-refractivity contribution in [2.24, 2.45) is 0 Å². The van der Waals surface area contributed by atoms with Gasteiger partial charge in [-0.15, -0.1) is 0 Å². The largest absolute Gasteiger partial charge is 0.394 e. The van der Waals surface area contributed by atoms with Crippen LogP contribution < -0.4 is 0 Å². The van der Waals surface area contributed by atoms with Crippen molar-refractivity contribution >= 4 is 17.6 Å². The Morgan fingerprint density at radius 3 is 2.90 bits per heavy atom. The van der Waals surface area contributed by atoms with Gasteiger partial charge in [0.2, 0.25) is 11.7 Å². The third kappa shape index (κ3) is 4.14. The van der Waals surface area contributed by atoms with E-state index in [0.717, 1.165) is 22.3 Å². The molecule has 1 aromatic carbocycles. The van der Waals surface area contributed by atoms with Gasteiger partial charge in [-0.05, 0) is 47.9 Å². The van der Waals surface area contributed by atoms with Crippen molar-refractivity contribution in [2.45, 2.75) is 20.5 Å². The number of aromatic nitrogens is 4. The van der Waals surface area contributed by atoms with E-state index >= 15 is 4.39 Å². The van der Waals surface area contributed by atoms with Crippen molar-refractivity contribution < 1.29 is 18.8 Å². The van der Waals surface area contributed by atoms with Crippen LogP contribution in [0, 0.1) is 13.8 Å². The Kier molecular flexibility index (Phi) is 5.69. The van der Waals surface area contributed by atoms with Gasteiger partial charge in [-0.1, -0.05) is 17.3 Å². The Bertz CT molecular complexity index is 1210. The van der Waals surface area contributed by atoms with Crippen molar-refractivity contribution in [2.75, 3.05) is 13.2 Å². The molecule has 30 heavy (non-hydrogen) atoms. The number of ether oxygens (including phenoxy) is 1. The van der Waals surface area contributed by atoms with Crippen LogP contribution in [-0.4, -0.2) is 37.8 Å². The summed E-state index contributed by atoms with van der Waals surface area (Å²) < 4.78 is 27.2. The molecule has 0 unspecified atom stereocenters. The summed E-state index contributed by atoms with van der Waals surface area (Å²) in [5.74, 6) is 0.533. The van der Waals surface area contributed by atoms with E-state index < -0.39 is 5.83 Å². The fourth-order valence-corrected chi connectivity index (χ4v) is 3.11. The standard InChI is InChI=1S/C22H21FN4O3/c1-14-3-4-17(22-25-15(2)30-26-22)10-18(14)11-19(23)20-12-24-21-9-16(5-6-27(20)21)13-29-8-7-28/h3-6,9-12,28H,7-8,13H2,1-2H3/b19-11-. The topological polar surface area (TPSA) is 85.7 Å². The summed E-state index contributed by atoms with van der Waals surface area (Å²) in [7, 11) is 0. The molecule has 0 fully saturated rings. The Morgan fingerprint density at radius 2 is 2.13 bits per heavy atom. The van der Waals surface area contributed by atoms with Crippen molar-refractivity contribution in [1.29, 1.82) is 0 Å². The van der Waals surface area contributed by atoms with Crippen LogP contribution in [0.25, 0.3) is 28.9 Å². The van der Waals surface area contributed by atoms with Gasteiger partial charge < -0.3 is 14.4 Å². The number of hydrogen-bond acceptors (Lipinski definition) is 6. The van der Waals surface area contributed by atoms with Crippen molar-refractivity contribution in [3.63, 3.8) is 0 Å². The van der Waals surface area contributed by atoms with E-state index in [2.05, 4.69) is 15.1 Å². The summed E-state index contributed by atoms with van der Waals surface area (Å²) in [5.41, 5.74) is 4.26. The second-order valence-electron chi connectivity index (χ2n) is 6.88. The first-order valence-electron chi connectivity index (χ1n) is 9.48. The third-order valence-corrected chi connectivity index (χ3v) is 4.67. The molecule has 0 aliphatic rings. The molecule has 0 atom stereocenters. The number of pyridine rings is 1. The number of rotatable bonds is 7. The molecule has 4 rings (SSSR count). The van der Waals surface area contributed by atoms with Crippen LogP contribution in [0.5, 0.6) is 0 Å². The van der Waals surface area contributed by atoms with Crippen molar-refractivity contribution in [1.82, 2.24) is 19.5 Å². The zero-order valence-corrected chi connectivity index (χ0v) is 16.7. The number of hydrogen-bond donors (Lipinski definition) is 1. The highest BCUT2D eigenvalue weighted by Crippen LogP contribution is 2.26. The van der Waals surface area contributed by atoms with Crippen LogP contribution in [0.4, 0.5) is 4.39 Å². The molecule has 3 heterocycles. The number of fused-ring (bicyclic) bond motifs is 1. The van der Waals surface area contributed by atoms with Gasteiger partial charge >= 0.3 is 0 Å². The average Bonchev–Trinajstić information content (AvgIpc) is 3.36. The Hall–Kier alpha value is -3.36. The predicted octanol–water partition coefficient (Wildman–Crippen LogP) is 3.98. The highest BCUT2D eigenvalue weighted by atomic mass is 19.1. The lowest BCUT2D eigenvalue weighted by atomic mass is 10.0. The van der Waals surface area contributed by atoms with Gasteiger partial charge in [-0.25, -0.2) is 9.37 Å². The first-order chi connectivity index (χ1) is 14.5. The van der Waals surface area contributed by atoms with Crippen LogP contribution in [0.15, 0.2) is 47.2 Å². The molecule has 0 radical (unpaired) electrons. The van der Waals surface area contributed by atoms with Crippen LogP contribution in [0.1, 0.15) is 28.3 Å². The van der Waals surface area contributed by atoms with E-state index in [1.165, 1.54) is 12.3 Å². The molecule has 7 nitrogen and oxygen atoms in total. The minimum absolute atomic E-state index is 0.0290. The number of imidazole rings is 1. The number of halogens is 1. The highest BCUT2D eigenvalue weighted by Gasteiger charge is 2.12. The number of aryl methyl sites for hydroxylation is 2. The number of aliphatic hydroxyl groups excluding tert-OH is 1. The van der Waals surface area contributed by atoms with E-state index in [4.69, 9.17) is 14.4 Å². The lowest BCUT2D eigenvalue weighted by Gasteiger charge is -2.06. The van der Waals surface area contributed by atoms with Gasteiger partial charge in [-0.2, -0.15) is 4.98 Å². The minimum atomic E-state index is -0.406. The molecule has 0 amide bonds. The van der Waals surface area contributed by atoms with Crippen molar-refractivity contribution in [3.05, 3.63) is 71.0 Å². The second-order valence-corrected chi connectivity index (χ2v) is 6.88. The van der Waals surface area contributed by atoms with Gasteiger partial charge in [0.05, 0.1) is 26.0 Å². The van der Waals surface area contributed by atoms with Crippen LogP contribution in [0.3, 0.4) is 0 Å². The Balaban J connectivity index is 1.64. The molecule has 0 aliphatic heterocycles. The molecular formula is C22H21FN4O3. The first kappa shape index (κ1) is 19.9. The molecule has 154 valence electrons. The van der Waals surface area contributed by atoms with Crippen LogP contribution in [-0.2, 0) is 11.3 Å². The van der Waals surface area contributed by atoms with E-state index in [-0.39, 0.29) is 13.2 Å². The van der Waals surface area contributed by atoms with E-state index in [1.54, 1.807) is 17.5 Å². The number of aliphatic hydroxyl groups is 1. The van der Waals surface area contributed by atoms with Gasteiger partial charge in [0.1, 0.15) is 17.2 Å². The van der Waals surface area contributed by atoms with Crippen molar-refractivity contribution in [3.8, 4) is 11.4 Å². The molecule has 0 saturated heterocycles. The maximum absolute atomic E-state index is 15.1. The highest BCUT2D eigenvalue weighted by molar-refractivity contribution is 5.79. The molecule has 0 bridgehead atoms. The molecule has 4 aromatic rings. The molecule has 1 N–H and O–H groups in total. The molecule has 0 saturated carbocycles. The van der Waals surface area contributed by atoms with Gasteiger partial charge in [0.25, 0.3) is 0 Å². The summed E-state index contributed by atoms with van der Waals surface area (Å²) in [6.07, 6.45) is 4.74. The molecular weight excluding hydrogens is 387 g/mol. The Labute approximate surface area is 172 Å². The quantitative estimate of drug-likeness (QED) is 0.466. The monoisotopic (exact) mass is 408 g/mol. The van der Waals surface area contributed by atoms with Gasteiger partial charge in [-0.3, -0.25) is 4.40 Å². The summed E-state index contributed by atoms with van der Waals surface area (Å²) in [4.78, 5) is 8.53. The minimum Gasteiger partial charge on any atom is -0.394 e. The summed E-state index contributed by atoms with van der Waals surface area (Å²) in [6, 6.07) is 9.28. The lowest BCUT2D eigenvalue weighted by Crippen LogP contribution is -2.00. The van der Waals surface area contributed by atoms with Crippen LogP contribution >= 0.6 is 0 Å². The SMILES string of the molecule is Cc1nc(-c2ccc(C)c(/C=C(\F)c3cnc4cc(COCCO)ccn34)c2)no1. The van der Waals surface area contributed by atoms with Gasteiger partial charge in [0, 0.05) is 18.7 Å². The van der Waals surface area contributed by atoms with Gasteiger partial charge in [0.15, 0.2) is 0 Å². The lowest BCUT2D eigenvalue weighted by molar-refractivity contribution is 0.0815. The number of benzene rings is 1. The number of nitrogens with zero attached hydrogens (tertiary/aromatic N) is 4. The summed E-state index contributed by atoms with van der Waals surface area (Å²) in [6.45, 7) is 4.24.